The third-order valence-corrected chi connectivity index (χ3v) is 8.02. The molecule has 2 aromatic rings. The molecule has 0 aromatic heterocycles. The van der Waals surface area contributed by atoms with Crippen molar-refractivity contribution in [2.75, 3.05) is 0 Å². The van der Waals surface area contributed by atoms with Crippen LogP contribution in [0.25, 0.3) is 0 Å². The van der Waals surface area contributed by atoms with E-state index in [9.17, 15) is 24.0 Å². The minimum absolute atomic E-state index is 0.0910. The van der Waals surface area contributed by atoms with Crippen LogP contribution in [0.1, 0.15) is 102 Å². The van der Waals surface area contributed by atoms with Crippen LogP contribution < -0.4 is 16.4 Å². The lowest BCUT2D eigenvalue weighted by molar-refractivity contribution is -0.159. The SMILES string of the molecule is Cc1cccc(C)c1C(C(=O)NC(Cc1ccccc1)C(=O)OC(C)(C)C)N(C(=O)C(CCC(N)=O)NC(=O)OC(C)(C)C)C1CCC1. The molecule has 4 amide bonds. The monoisotopic (exact) mass is 664 g/mol. The maximum Gasteiger partial charge on any atom is 0.408 e. The number of alkyl carbamates (subject to hydrolysis) is 1. The molecule has 4 N–H and O–H groups in total. The number of hydrogen-bond acceptors (Lipinski definition) is 7. The second kappa shape index (κ2) is 16.1. The van der Waals surface area contributed by atoms with E-state index in [1.165, 1.54) is 4.90 Å². The summed E-state index contributed by atoms with van der Waals surface area (Å²) in [6.07, 6.45) is 1.17. The number of carbonyl (C=O) groups excluding carboxylic acids is 5. The summed E-state index contributed by atoms with van der Waals surface area (Å²) in [4.78, 5) is 69.2. The van der Waals surface area contributed by atoms with Gasteiger partial charge >= 0.3 is 12.1 Å². The average molecular weight is 665 g/mol. The summed E-state index contributed by atoms with van der Waals surface area (Å²) in [5, 5.41) is 5.58. The van der Waals surface area contributed by atoms with Gasteiger partial charge in [0.2, 0.25) is 17.7 Å². The van der Waals surface area contributed by atoms with Crippen molar-refractivity contribution < 1.29 is 33.4 Å². The average Bonchev–Trinajstić information content (AvgIpc) is 2.93. The Morgan fingerprint density at radius 3 is 1.92 bits per heavy atom. The first-order valence-electron chi connectivity index (χ1n) is 16.6. The molecule has 11 heteroatoms. The fourth-order valence-corrected chi connectivity index (χ4v) is 5.68. The Labute approximate surface area is 284 Å². The van der Waals surface area contributed by atoms with E-state index in [2.05, 4.69) is 10.6 Å². The maximum atomic E-state index is 14.7. The number of amides is 4. The topological polar surface area (TPSA) is 157 Å². The zero-order valence-corrected chi connectivity index (χ0v) is 29.6. The molecule has 1 aliphatic rings. The number of aryl methyl sites for hydroxylation is 2. The van der Waals surface area contributed by atoms with Crippen LogP contribution in [-0.2, 0) is 35.1 Å². The Bertz CT molecular complexity index is 1440. The van der Waals surface area contributed by atoms with Gasteiger partial charge in [0.25, 0.3) is 0 Å². The molecule has 0 aliphatic heterocycles. The van der Waals surface area contributed by atoms with Crippen LogP contribution in [0.15, 0.2) is 48.5 Å². The molecular formula is C37H52N4O7. The summed E-state index contributed by atoms with van der Waals surface area (Å²) in [7, 11) is 0. The molecule has 0 bridgehead atoms. The maximum absolute atomic E-state index is 14.7. The van der Waals surface area contributed by atoms with Crippen molar-refractivity contribution in [3.8, 4) is 0 Å². The number of nitrogens with two attached hydrogens (primary N) is 1. The highest BCUT2D eigenvalue weighted by molar-refractivity contribution is 5.95. The number of esters is 1. The number of primary amides is 1. The van der Waals surface area contributed by atoms with E-state index >= 15 is 0 Å². The normalized spacial score (nSPS) is 15.2. The van der Waals surface area contributed by atoms with Gasteiger partial charge in [-0.1, -0.05) is 48.5 Å². The fourth-order valence-electron chi connectivity index (χ4n) is 5.68. The molecule has 3 unspecified atom stereocenters. The summed E-state index contributed by atoms with van der Waals surface area (Å²) in [5.74, 6) is -2.36. The van der Waals surface area contributed by atoms with E-state index < -0.39 is 59.1 Å². The number of ether oxygens (including phenoxy) is 2. The van der Waals surface area contributed by atoms with Gasteiger partial charge in [0.15, 0.2) is 0 Å². The van der Waals surface area contributed by atoms with E-state index in [4.69, 9.17) is 15.2 Å². The highest BCUT2D eigenvalue weighted by atomic mass is 16.6. The van der Waals surface area contributed by atoms with Crippen molar-refractivity contribution in [2.45, 2.75) is 129 Å². The van der Waals surface area contributed by atoms with Crippen molar-refractivity contribution in [2.24, 2.45) is 5.73 Å². The van der Waals surface area contributed by atoms with Crippen molar-refractivity contribution in [3.05, 3.63) is 70.8 Å². The Morgan fingerprint density at radius 1 is 0.833 bits per heavy atom. The summed E-state index contributed by atoms with van der Waals surface area (Å²) in [5.41, 5.74) is 6.79. The fraction of sp³-hybridized carbons (Fsp3) is 0.541. The smallest absolute Gasteiger partial charge is 0.408 e. The third kappa shape index (κ3) is 11.1. The second-order valence-electron chi connectivity index (χ2n) is 14.5. The molecule has 0 heterocycles. The van der Waals surface area contributed by atoms with E-state index in [0.717, 1.165) is 23.1 Å². The highest BCUT2D eigenvalue weighted by Crippen LogP contribution is 2.36. The standard InChI is InChI=1S/C37H52N4O7/c1-23-14-12-15-24(2)30(23)31(32(43)39-28(34(45)47-36(3,4)5)22-25-16-10-9-11-17-25)41(26-18-13-19-26)33(44)27(20-21-29(38)42)40-35(46)48-37(6,7)8/h9-12,14-17,26-28,31H,13,18-22H2,1-8H3,(H2,38,42)(H,39,43)(H,40,46). The molecule has 2 aromatic carbocycles. The number of nitrogens with one attached hydrogen (secondary N) is 2. The van der Waals surface area contributed by atoms with Crippen molar-refractivity contribution in [3.63, 3.8) is 0 Å². The zero-order valence-electron chi connectivity index (χ0n) is 29.6. The second-order valence-corrected chi connectivity index (χ2v) is 14.5. The zero-order chi connectivity index (χ0) is 35.8. The minimum atomic E-state index is -1.21. The highest BCUT2D eigenvalue weighted by Gasteiger charge is 2.44. The molecule has 48 heavy (non-hydrogen) atoms. The van der Waals surface area contributed by atoms with Gasteiger partial charge in [-0.3, -0.25) is 14.4 Å². The minimum Gasteiger partial charge on any atom is -0.458 e. The molecule has 1 saturated carbocycles. The van der Waals surface area contributed by atoms with Gasteiger partial charge in [-0.25, -0.2) is 9.59 Å². The Hall–Kier alpha value is -4.41. The Morgan fingerprint density at radius 2 is 1.42 bits per heavy atom. The van der Waals surface area contributed by atoms with Crippen LogP contribution in [-0.4, -0.2) is 64.0 Å². The van der Waals surface area contributed by atoms with Gasteiger partial charge in [0.05, 0.1) is 0 Å². The van der Waals surface area contributed by atoms with E-state index in [1.54, 1.807) is 41.5 Å². The van der Waals surface area contributed by atoms with Gasteiger partial charge in [-0.05, 0) is 103 Å². The first-order chi connectivity index (χ1) is 22.4. The quantitative estimate of drug-likeness (QED) is 0.256. The van der Waals surface area contributed by atoms with Crippen LogP contribution in [0, 0.1) is 13.8 Å². The van der Waals surface area contributed by atoms with Crippen LogP contribution in [0.4, 0.5) is 4.79 Å². The van der Waals surface area contributed by atoms with Gasteiger partial charge in [0.1, 0.15) is 29.3 Å². The summed E-state index contributed by atoms with van der Waals surface area (Å²) < 4.78 is 11.2. The van der Waals surface area contributed by atoms with Crippen molar-refractivity contribution in [1.82, 2.24) is 15.5 Å². The molecule has 0 spiro atoms. The number of benzene rings is 2. The Balaban J connectivity index is 2.12. The molecule has 3 atom stereocenters. The number of rotatable bonds is 13. The van der Waals surface area contributed by atoms with E-state index in [1.807, 2.05) is 62.4 Å². The van der Waals surface area contributed by atoms with Gasteiger partial charge in [0, 0.05) is 18.9 Å². The predicted molar refractivity (Wildman–Crippen MR) is 183 cm³/mol. The number of carbonyl (C=O) groups is 5. The molecule has 3 rings (SSSR count). The van der Waals surface area contributed by atoms with E-state index in [0.29, 0.717) is 18.4 Å². The molecule has 0 saturated heterocycles. The molecular weight excluding hydrogens is 612 g/mol. The van der Waals surface area contributed by atoms with Gasteiger partial charge in [-0.2, -0.15) is 0 Å². The number of hydrogen-bond donors (Lipinski definition) is 3. The largest absolute Gasteiger partial charge is 0.458 e. The molecule has 262 valence electrons. The van der Waals surface area contributed by atoms with Gasteiger partial charge < -0.3 is 30.7 Å². The first kappa shape index (κ1) is 38.0. The summed E-state index contributed by atoms with van der Waals surface area (Å²) in [6, 6.07) is 11.1. The van der Waals surface area contributed by atoms with Crippen molar-refractivity contribution in [1.29, 1.82) is 0 Å². The number of nitrogens with zero attached hydrogens (tertiary/aromatic N) is 1. The molecule has 1 aliphatic carbocycles. The summed E-state index contributed by atoms with van der Waals surface area (Å²) in [6.45, 7) is 14.1. The van der Waals surface area contributed by atoms with Gasteiger partial charge in [-0.15, -0.1) is 0 Å². The van der Waals surface area contributed by atoms with Crippen LogP contribution >= 0.6 is 0 Å². The Kier molecular flexibility index (Phi) is 12.8. The lowest BCUT2D eigenvalue weighted by Gasteiger charge is -2.44. The first-order valence-corrected chi connectivity index (χ1v) is 16.6. The molecule has 11 nitrogen and oxygen atoms in total. The third-order valence-electron chi connectivity index (χ3n) is 8.02. The molecule has 1 fully saturated rings. The van der Waals surface area contributed by atoms with Crippen molar-refractivity contribution >= 4 is 29.8 Å². The van der Waals surface area contributed by atoms with Crippen LogP contribution in [0.5, 0.6) is 0 Å². The van der Waals surface area contributed by atoms with Crippen LogP contribution in [0.2, 0.25) is 0 Å². The lowest BCUT2D eigenvalue weighted by atomic mass is 9.86. The summed E-state index contributed by atoms with van der Waals surface area (Å²) >= 11 is 0. The lowest BCUT2D eigenvalue weighted by Crippen LogP contribution is -2.59. The predicted octanol–water partition coefficient (Wildman–Crippen LogP) is 4.95. The van der Waals surface area contributed by atoms with E-state index in [-0.39, 0.29) is 25.3 Å². The molecule has 0 radical (unpaired) electrons. The van der Waals surface area contributed by atoms with Crippen LogP contribution in [0.3, 0.4) is 0 Å².